The zero-order chi connectivity index (χ0) is 12.4. The van der Waals surface area contributed by atoms with Gasteiger partial charge >= 0.3 is 0 Å². The van der Waals surface area contributed by atoms with E-state index in [4.69, 9.17) is 10.5 Å². The van der Waals surface area contributed by atoms with E-state index in [0.717, 1.165) is 23.2 Å². The Kier molecular flexibility index (Phi) is 1.97. The number of fused-ring (bicyclic) bond motifs is 3. The molecule has 1 aromatic carbocycles. The van der Waals surface area contributed by atoms with E-state index in [2.05, 4.69) is 0 Å². The molecule has 0 saturated carbocycles. The summed E-state index contributed by atoms with van der Waals surface area (Å²) in [4.78, 5) is 12.0. The average molecular weight is 231 g/mol. The second-order valence-electron chi connectivity index (χ2n) is 5.48. The van der Waals surface area contributed by atoms with Gasteiger partial charge in [-0.05, 0) is 43.0 Å². The molecule has 0 radical (unpaired) electrons. The molecule has 90 valence electrons. The summed E-state index contributed by atoms with van der Waals surface area (Å²) in [6.07, 6.45) is 1.54. The fraction of sp³-hybridized carbons (Fsp3) is 0.500. The molecule has 3 heteroatoms. The zero-order valence-electron chi connectivity index (χ0n) is 10.5. The van der Waals surface area contributed by atoms with Crippen molar-refractivity contribution in [3.8, 4) is 0 Å². The third-order valence-corrected chi connectivity index (χ3v) is 4.20. The van der Waals surface area contributed by atoms with E-state index >= 15 is 0 Å². The van der Waals surface area contributed by atoms with Crippen LogP contribution in [0.1, 0.15) is 48.6 Å². The van der Waals surface area contributed by atoms with Crippen LogP contribution < -0.4 is 5.73 Å². The van der Waals surface area contributed by atoms with Crippen molar-refractivity contribution in [2.24, 2.45) is 0 Å². The molecule has 2 aliphatic carbocycles. The number of ketones is 1. The van der Waals surface area contributed by atoms with Crippen LogP contribution in [0.5, 0.6) is 0 Å². The minimum absolute atomic E-state index is 0.0720. The molecule has 0 fully saturated rings. The summed E-state index contributed by atoms with van der Waals surface area (Å²) in [6.45, 7) is 3.98. The molecule has 0 unspecified atom stereocenters. The summed E-state index contributed by atoms with van der Waals surface area (Å²) in [7, 11) is 1.70. The molecule has 0 bridgehead atoms. The quantitative estimate of drug-likeness (QED) is 0.753. The lowest BCUT2D eigenvalue weighted by molar-refractivity contribution is -0.124. The van der Waals surface area contributed by atoms with Crippen LogP contribution >= 0.6 is 0 Å². The Morgan fingerprint density at radius 3 is 2.71 bits per heavy atom. The van der Waals surface area contributed by atoms with Crippen molar-refractivity contribution in [1.82, 2.24) is 0 Å². The molecule has 2 aliphatic rings. The van der Waals surface area contributed by atoms with Crippen molar-refractivity contribution in [3.63, 3.8) is 0 Å². The Labute approximate surface area is 101 Å². The highest BCUT2D eigenvalue weighted by Crippen LogP contribution is 2.54. The van der Waals surface area contributed by atoms with Crippen LogP contribution in [0.25, 0.3) is 0 Å². The molecule has 0 aliphatic heterocycles. The lowest BCUT2D eigenvalue weighted by Crippen LogP contribution is -2.34. The van der Waals surface area contributed by atoms with Crippen molar-refractivity contribution in [2.75, 3.05) is 12.8 Å². The van der Waals surface area contributed by atoms with Gasteiger partial charge in [-0.3, -0.25) is 4.79 Å². The van der Waals surface area contributed by atoms with Gasteiger partial charge in [-0.2, -0.15) is 0 Å². The normalized spacial score (nSPS) is 24.2. The van der Waals surface area contributed by atoms with Crippen molar-refractivity contribution in [1.29, 1.82) is 0 Å². The molecule has 0 aromatic heterocycles. The van der Waals surface area contributed by atoms with Gasteiger partial charge in [0.15, 0.2) is 0 Å². The van der Waals surface area contributed by atoms with E-state index in [1.165, 1.54) is 11.1 Å². The van der Waals surface area contributed by atoms with Crippen molar-refractivity contribution >= 4 is 11.5 Å². The van der Waals surface area contributed by atoms with Gasteiger partial charge in [-0.15, -0.1) is 0 Å². The molecule has 0 heterocycles. The maximum Gasteiger partial charge on any atom is 0.143 e. The first-order chi connectivity index (χ1) is 7.98. The van der Waals surface area contributed by atoms with E-state index in [9.17, 15) is 4.79 Å². The van der Waals surface area contributed by atoms with Gasteiger partial charge in [-0.25, -0.2) is 0 Å². The smallest absolute Gasteiger partial charge is 0.143 e. The third kappa shape index (κ3) is 1.23. The maximum absolute atomic E-state index is 12.0. The first kappa shape index (κ1) is 10.8. The molecule has 0 amide bonds. The Morgan fingerprint density at radius 2 is 2.06 bits per heavy atom. The molecular formula is C14H17NO2. The van der Waals surface area contributed by atoms with Gasteiger partial charge in [-0.1, -0.05) is 0 Å². The lowest BCUT2D eigenvalue weighted by atomic mass is 9.71. The first-order valence-electron chi connectivity index (χ1n) is 6.00. The maximum atomic E-state index is 12.0. The first-order valence-corrected chi connectivity index (χ1v) is 6.00. The standard InChI is InChI=1S/C14H17NO2/c1-14(2)8-6-9(15)12-11(13(12)17-3)7(8)4-5-10(14)16/h6,13H,4-5,15H2,1-3H3/t13-/m0/s1. The van der Waals surface area contributed by atoms with Gasteiger partial charge in [0.2, 0.25) is 0 Å². The minimum Gasteiger partial charge on any atom is -0.398 e. The number of carbonyl (C=O) groups is 1. The van der Waals surface area contributed by atoms with E-state index in [1.807, 2.05) is 19.9 Å². The van der Waals surface area contributed by atoms with Gasteiger partial charge in [0.1, 0.15) is 11.9 Å². The van der Waals surface area contributed by atoms with Crippen LogP contribution in [0, 0.1) is 0 Å². The summed E-state index contributed by atoms with van der Waals surface area (Å²) < 4.78 is 5.41. The highest BCUT2D eigenvalue weighted by atomic mass is 16.5. The van der Waals surface area contributed by atoms with Crippen LogP contribution in [-0.4, -0.2) is 12.9 Å². The van der Waals surface area contributed by atoms with E-state index in [-0.39, 0.29) is 6.10 Å². The molecule has 3 rings (SSSR count). The van der Waals surface area contributed by atoms with Gasteiger partial charge in [0.25, 0.3) is 0 Å². The fourth-order valence-electron chi connectivity index (χ4n) is 3.06. The molecule has 0 saturated heterocycles. The van der Waals surface area contributed by atoms with E-state index < -0.39 is 5.41 Å². The number of carbonyl (C=O) groups excluding carboxylic acids is 1. The number of Topliss-reactive ketones (excluding diaryl/α,β-unsaturated/α-hetero) is 1. The summed E-state index contributed by atoms with van der Waals surface area (Å²) >= 11 is 0. The largest absolute Gasteiger partial charge is 0.398 e. The molecule has 1 atom stereocenters. The Morgan fingerprint density at radius 1 is 1.35 bits per heavy atom. The minimum atomic E-state index is -0.405. The summed E-state index contributed by atoms with van der Waals surface area (Å²) in [5.41, 5.74) is 11.2. The Bertz CT molecular complexity index is 532. The van der Waals surface area contributed by atoms with Gasteiger partial charge < -0.3 is 10.5 Å². The highest BCUT2D eigenvalue weighted by molar-refractivity contribution is 5.93. The molecule has 1 aromatic rings. The van der Waals surface area contributed by atoms with Crippen molar-refractivity contribution in [3.05, 3.63) is 28.3 Å². The third-order valence-electron chi connectivity index (χ3n) is 4.20. The van der Waals surface area contributed by atoms with E-state index in [1.54, 1.807) is 7.11 Å². The molecule has 3 nitrogen and oxygen atoms in total. The van der Waals surface area contributed by atoms with Crippen molar-refractivity contribution in [2.45, 2.75) is 38.2 Å². The van der Waals surface area contributed by atoms with Crippen LogP contribution in [0.3, 0.4) is 0 Å². The monoisotopic (exact) mass is 231 g/mol. The SMILES string of the molecule is CO[C@@H]1c2c(N)cc3c(c21)CCC(=O)C3(C)C. The van der Waals surface area contributed by atoms with E-state index in [0.29, 0.717) is 12.2 Å². The second kappa shape index (κ2) is 3.10. The van der Waals surface area contributed by atoms with Crippen LogP contribution in [0.2, 0.25) is 0 Å². The molecule has 0 spiro atoms. The number of benzene rings is 1. The number of ether oxygens (including phenoxy) is 1. The number of anilines is 1. The van der Waals surface area contributed by atoms with Crippen LogP contribution in [-0.2, 0) is 21.4 Å². The second-order valence-corrected chi connectivity index (χ2v) is 5.48. The number of methoxy groups -OCH3 is 1. The Hall–Kier alpha value is -1.35. The van der Waals surface area contributed by atoms with Crippen LogP contribution in [0.4, 0.5) is 5.69 Å². The zero-order valence-corrected chi connectivity index (χ0v) is 10.5. The molecule has 2 N–H and O–H groups in total. The Balaban J connectivity index is 2.21. The van der Waals surface area contributed by atoms with Gasteiger partial charge in [0, 0.05) is 30.2 Å². The lowest BCUT2D eigenvalue weighted by Gasteiger charge is -2.31. The number of hydrogen-bond acceptors (Lipinski definition) is 3. The number of nitrogens with two attached hydrogens (primary N) is 1. The highest BCUT2D eigenvalue weighted by Gasteiger charge is 2.45. The summed E-state index contributed by atoms with van der Waals surface area (Å²) in [5.74, 6) is 0.305. The predicted octanol–water partition coefficient (Wildman–Crippen LogP) is 2.11. The number of hydrogen-bond donors (Lipinski definition) is 1. The number of nitrogen functional groups attached to an aromatic ring is 1. The predicted molar refractivity (Wildman–Crippen MR) is 66.1 cm³/mol. The molecule has 17 heavy (non-hydrogen) atoms. The fourth-order valence-corrected chi connectivity index (χ4v) is 3.06. The number of rotatable bonds is 1. The van der Waals surface area contributed by atoms with Crippen molar-refractivity contribution < 1.29 is 9.53 Å². The van der Waals surface area contributed by atoms with Crippen LogP contribution in [0.15, 0.2) is 6.07 Å². The van der Waals surface area contributed by atoms with Gasteiger partial charge in [0.05, 0.1) is 0 Å². The molecular weight excluding hydrogens is 214 g/mol. The topological polar surface area (TPSA) is 52.3 Å². The summed E-state index contributed by atoms with van der Waals surface area (Å²) in [5, 5.41) is 0. The average Bonchev–Trinajstić information content (AvgIpc) is 3.00. The summed E-state index contributed by atoms with van der Waals surface area (Å²) in [6, 6.07) is 1.98.